The van der Waals surface area contributed by atoms with Gasteiger partial charge in [-0.2, -0.15) is 0 Å². The Morgan fingerprint density at radius 1 is 1.50 bits per heavy atom. The molecule has 2 N–H and O–H groups in total. The molecule has 0 radical (unpaired) electrons. The zero-order valence-corrected chi connectivity index (χ0v) is 8.00. The van der Waals surface area contributed by atoms with Crippen LogP contribution in [0.15, 0.2) is 12.1 Å². The third-order valence-corrected chi connectivity index (χ3v) is 1.91. The number of aromatic hydroxyl groups is 1. The monoisotopic (exact) mass is 193 g/mol. The Morgan fingerprint density at radius 3 is 2.64 bits per heavy atom. The van der Waals surface area contributed by atoms with E-state index in [-0.39, 0.29) is 11.7 Å². The van der Waals surface area contributed by atoms with Crippen LogP contribution in [0.3, 0.4) is 0 Å². The van der Waals surface area contributed by atoms with Gasteiger partial charge < -0.3 is 10.4 Å². The fraction of sp³-hybridized carbons (Fsp3) is 0.200. The summed E-state index contributed by atoms with van der Waals surface area (Å²) in [6, 6.07) is 2.88. The summed E-state index contributed by atoms with van der Waals surface area (Å²) in [5.74, 6) is -0.324. The molecule has 14 heavy (non-hydrogen) atoms. The summed E-state index contributed by atoms with van der Waals surface area (Å²) < 4.78 is 0. The van der Waals surface area contributed by atoms with Crippen molar-refractivity contribution in [2.45, 2.75) is 13.8 Å². The van der Waals surface area contributed by atoms with E-state index >= 15 is 0 Å². The fourth-order valence-corrected chi connectivity index (χ4v) is 1.17. The average Bonchev–Trinajstić information content (AvgIpc) is 2.12. The molecule has 0 saturated carbocycles. The molecule has 0 fully saturated rings. The van der Waals surface area contributed by atoms with Crippen LogP contribution < -0.4 is 5.32 Å². The summed E-state index contributed by atoms with van der Waals surface area (Å²) in [5.41, 5.74) is 1.31. The molecule has 74 valence electrons. The summed E-state index contributed by atoms with van der Waals surface area (Å²) in [6.45, 7) is 3.00. The lowest BCUT2D eigenvalue weighted by molar-refractivity contribution is -0.114. The van der Waals surface area contributed by atoms with E-state index in [1.807, 2.05) is 0 Å². The number of aldehydes is 1. The Hall–Kier alpha value is -1.84. The maximum atomic E-state index is 10.8. The van der Waals surface area contributed by atoms with Crippen molar-refractivity contribution < 1.29 is 14.7 Å². The molecule has 1 rings (SSSR count). The zero-order chi connectivity index (χ0) is 10.7. The van der Waals surface area contributed by atoms with Gasteiger partial charge >= 0.3 is 0 Å². The zero-order valence-electron chi connectivity index (χ0n) is 8.00. The molecule has 0 aliphatic heterocycles. The maximum absolute atomic E-state index is 10.8. The van der Waals surface area contributed by atoms with Gasteiger partial charge in [-0.3, -0.25) is 9.59 Å². The third-order valence-electron chi connectivity index (χ3n) is 1.91. The maximum Gasteiger partial charge on any atom is 0.221 e. The van der Waals surface area contributed by atoms with Crippen molar-refractivity contribution in [1.29, 1.82) is 0 Å². The second kappa shape index (κ2) is 3.91. The summed E-state index contributed by atoms with van der Waals surface area (Å²) in [7, 11) is 0. The van der Waals surface area contributed by atoms with Gasteiger partial charge in [0, 0.05) is 12.5 Å². The van der Waals surface area contributed by atoms with Crippen LogP contribution in [0.25, 0.3) is 0 Å². The highest BCUT2D eigenvalue weighted by molar-refractivity contribution is 5.93. The van der Waals surface area contributed by atoms with Gasteiger partial charge in [0.25, 0.3) is 0 Å². The molecular weight excluding hydrogens is 182 g/mol. The third kappa shape index (κ3) is 1.90. The van der Waals surface area contributed by atoms with Crippen molar-refractivity contribution in [3.8, 4) is 5.75 Å². The van der Waals surface area contributed by atoms with E-state index in [1.165, 1.54) is 19.1 Å². The summed E-state index contributed by atoms with van der Waals surface area (Å²) >= 11 is 0. The highest BCUT2D eigenvalue weighted by Gasteiger charge is 2.09. The van der Waals surface area contributed by atoms with E-state index in [1.54, 1.807) is 6.92 Å². The van der Waals surface area contributed by atoms with E-state index in [0.717, 1.165) is 0 Å². The molecule has 0 heterocycles. The van der Waals surface area contributed by atoms with Crippen LogP contribution in [0, 0.1) is 6.92 Å². The van der Waals surface area contributed by atoms with Crippen molar-refractivity contribution in [3.63, 3.8) is 0 Å². The first kappa shape index (κ1) is 10.2. The molecule has 0 saturated heterocycles. The van der Waals surface area contributed by atoms with Crippen molar-refractivity contribution >= 4 is 17.9 Å². The molecule has 0 spiro atoms. The standard InChI is InChI=1S/C10H11NO3/c1-6-8(5-12)3-4-9(14)10(6)11-7(2)13/h3-5,14H,1-2H3,(H,11,13). The second-order valence-corrected chi connectivity index (χ2v) is 2.97. The quantitative estimate of drug-likeness (QED) is 0.552. The Balaban J connectivity index is 3.24. The van der Waals surface area contributed by atoms with Crippen LogP contribution in [0.2, 0.25) is 0 Å². The summed E-state index contributed by atoms with van der Waals surface area (Å²) in [5, 5.41) is 11.9. The minimum Gasteiger partial charge on any atom is -0.506 e. The smallest absolute Gasteiger partial charge is 0.221 e. The summed E-state index contributed by atoms with van der Waals surface area (Å²) in [4.78, 5) is 21.4. The van der Waals surface area contributed by atoms with E-state index < -0.39 is 0 Å². The molecule has 0 atom stereocenters. The molecule has 0 aliphatic carbocycles. The average molecular weight is 193 g/mol. The Labute approximate surface area is 81.6 Å². The van der Waals surface area contributed by atoms with Crippen LogP contribution in [0.4, 0.5) is 5.69 Å². The Kier molecular flexibility index (Phi) is 2.86. The topological polar surface area (TPSA) is 66.4 Å². The molecule has 0 unspecified atom stereocenters. The molecule has 1 amide bonds. The van der Waals surface area contributed by atoms with Crippen molar-refractivity contribution in [2.75, 3.05) is 5.32 Å². The predicted octanol–water partition coefficient (Wildman–Crippen LogP) is 1.47. The predicted molar refractivity (Wildman–Crippen MR) is 52.5 cm³/mol. The van der Waals surface area contributed by atoms with Crippen molar-refractivity contribution in [1.82, 2.24) is 0 Å². The number of phenolic OH excluding ortho intramolecular Hbond substituents is 1. The van der Waals surface area contributed by atoms with E-state index in [4.69, 9.17) is 0 Å². The van der Waals surface area contributed by atoms with E-state index in [9.17, 15) is 14.7 Å². The lowest BCUT2D eigenvalue weighted by Crippen LogP contribution is -2.08. The lowest BCUT2D eigenvalue weighted by Gasteiger charge is -2.09. The minimum atomic E-state index is -0.286. The first-order valence-corrected chi connectivity index (χ1v) is 4.11. The van der Waals surface area contributed by atoms with Gasteiger partial charge in [0.1, 0.15) is 12.0 Å². The van der Waals surface area contributed by atoms with Gasteiger partial charge in [0.15, 0.2) is 0 Å². The fourth-order valence-electron chi connectivity index (χ4n) is 1.17. The largest absolute Gasteiger partial charge is 0.506 e. The Bertz CT molecular complexity index is 385. The molecule has 1 aromatic rings. The number of amides is 1. The molecular formula is C10H11NO3. The van der Waals surface area contributed by atoms with Crippen LogP contribution >= 0.6 is 0 Å². The van der Waals surface area contributed by atoms with E-state index in [0.29, 0.717) is 23.1 Å². The first-order valence-electron chi connectivity index (χ1n) is 4.11. The highest BCUT2D eigenvalue weighted by Crippen LogP contribution is 2.28. The number of anilines is 1. The second-order valence-electron chi connectivity index (χ2n) is 2.97. The molecule has 4 heteroatoms. The number of carbonyl (C=O) groups excluding carboxylic acids is 2. The minimum absolute atomic E-state index is 0.0386. The number of phenols is 1. The molecule has 0 aliphatic rings. The van der Waals surface area contributed by atoms with Gasteiger partial charge in [-0.05, 0) is 24.6 Å². The molecule has 0 aromatic heterocycles. The van der Waals surface area contributed by atoms with E-state index in [2.05, 4.69) is 5.32 Å². The van der Waals surface area contributed by atoms with Gasteiger partial charge in [-0.25, -0.2) is 0 Å². The van der Waals surface area contributed by atoms with Crippen molar-refractivity contribution in [3.05, 3.63) is 23.3 Å². The highest BCUT2D eigenvalue weighted by atomic mass is 16.3. The Morgan fingerprint density at radius 2 is 2.14 bits per heavy atom. The van der Waals surface area contributed by atoms with Gasteiger partial charge in [0.05, 0.1) is 5.69 Å². The van der Waals surface area contributed by atoms with Gasteiger partial charge in [0.2, 0.25) is 5.91 Å². The number of hydrogen-bond donors (Lipinski definition) is 2. The summed E-state index contributed by atoms with van der Waals surface area (Å²) in [6.07, 6.45) is 0.681. The van der Waals surface area contributed by atoms with Crippen LogP contribution in [-0.2, 0) is 4.79 Å². The number of hydrogen-bond acceptors (Lipinski definition) is 3. The first-order chi connectivity index (χ1) is 6.56. The number of rotatable bonds is 2. The lowest BCUT2D eigenvalue weighted by atomic mass is 10.1. The van der Waals surface area contributed by atoms with Crippen LogP contribution in [0.1, 0.15) is 22.8 Å². The van der Waals surface area contributed by atoms with Crippen LogP contribution in [0.5, 0.6) is 5.75 Å². The SMILES string of the molecule is CC(=O)Nc1c(O)ccc(C=O)c1C. The van der Waals surface area contributed by atoms with Gasteiger partial charge in [-0.15, -0.1) is 0 Å². The molecule has 4 nitrogen and oxygen atoms in total. The number of nitrogens with one attached hydrogen (secondary N) is 1. The molecule has 0 bridgehead atoms. The molecule has 1 aromatic carbocycles. The van der Waals surface area contributed by atoms with Crippen molar-refractivity contribution in [2.24, 2.45) is 0 Å². The van der Waals surface area contributed by atoms with Crippen LogP contribution in [-0.4, -0.2) is 17.3 Å². The number of carbonyl (C=O) groups is 2. The van der Waals surface area contributed by atoms with Gasteiger partial charge in [-0.1, -0.05) is 0 Å². The normalized spacial score (nSPS) is 9.57. The number of benzene rings is 1.